The molecule has 0 spiro atoms. The second-order valence-electron chi connectivity index (χ2n) is 7.64. The van der Waals surface area contributed by atoms with Gasteiger partial charge in [-0.3, -0.25) is 14.6 Å². The van der Waals surface area contributed by atoms with Gasteiger partial charge in [0.15, 0.2) is 0 Å². The topological polar surface area (TPSA) is 69.6 Å². The Kier molecular flexibility index (Phi) is 6.03. The van der Waals surface area contributed by atoms with E-state index in [-0.39, 0.29) is 11.8 Å². The number of hydrogen-bond acceptors (Lipinski definition) is 5. The largest absolute Gasteiger partial charge is 0.353 e. The number of rotatable bonds is 3. The summed E-state index contributed by atoms with van der Waals surface area (Å²) in [5, 5.41) is 0. The van der Waals surface area contributed by atoms with Gasteiger partial charge in [-0.25, -0.2) is 4.98 Å². The Morgan fingerprint density at radius 1 is 0.759 bits per heavy atom. The third-order valence-electron chi connectivity index (χ3n) is 5.67. The van der Waals surface area contributed by atoms with Crippen molar-refractivity contribution in [3.8, 4) is 0 Å². The van der Waals surface area contributed by atoms with Crippen molar-refractivity contribution in [3.05, 3.63) is 54.0 Å². The average molecular weight is 393 g/mol. The molecule has 7 nitrogen and oxygen atoms in total. The van der Waals surface area contributed by atoms with Gasteiger partial charge < -0.3 is 14.7 Å². The zero-order valence-electron chi connectivity index (χ0n) is 16.7. The predicted octanol–water partition coefficient (Wildman–Crippen LogP) is 2.46. The molecule has 4 rings (SSSR count). The number of likely N-dealkylation sites (tertiary alicyclic amines) is 1. The number of aromatic nitrogens is 2. The van der Waals surface area contributed by atoms with Gasteiger partial charge in [-0.2, -0.15) is 0 Å². The second kappa shape index (κ2) is 9.03. The molecule has 0 saturated carbocycles. The van der Waals surface area contributed by atoms with Crippen molar-refractivity contribution in [1.82, 2.24) is 19.8 Å². The van der Waals surface area contributed by atoms with Crippen molar-refractivity contribution in [2.24, 2.45) is 0 Å². The Balaban J connectivity index is 1.40. The summed E-state index contributed by atoms with van der Waals surface area (Å²) in [4.78, 5) is 40.3. The van der Waals surface area contributed by atoms with E-state index in [4.69, 9.17) is 0 Å². The molecule has 0 N–H and O–H groups in total. The quantitative estimate of drug-likeness (QED) is 0.801. The van der Waals surface area contributed by atoms with E-state index in [9.17, 15) is 9.59 Å². The third kappa shape index (κ3) is 4.55. The fourth-order valence-corrected chi connectivity index (χ4v) is 3.99. The van der Waals surface area contributed by atoms with Crippen molar-refractivity contribution in [2.45, 2.75) is 25.7 Å². The first-order valence-corrected chi connectivity index (χ1v) is 10.4. The number of hydrogen-bond donors (Lipinski definition) is 0. The highest BCUT2D eigenvalue weighted by Gasteiger charge is 2.24. The van der Waals surface area contributed by atoms with Gasteiger partial charge in [0.05, 0.1) is 11.1 Å². The molecule has 2 aromatic rings. The lowest BCUT2D eigenvalue weighted by atomic mass is 10.1. The van der Waals surface area contributed by atoms with Gasteiger partial charge in [-0.1, -0.05) is 18.9 Å². The summed E-state index contributed by atoms with van der Waals surface area (Å²) in [7, 11) is 0. The van der Waals surface area contributed by atoms with Gasteiger partial charge in [0, 0.05) is 57.9 Å². The van der Waals surface area contributed by atoms with Crippen LogP contribution in [-0.2, 0) is 0 Å². The fourth-order valence-electron chi connectivity index (χ4n) is 3.99. The molecule has 4 heterocycles. The zero-order chi connectivity index (χ0) is 20.1. The van der Waals surface area contributed by atoms with Crippen LogP contribution in [0, 0.1) is 0 Å². The lowest BCUT2D eigenvalue weighted by Gasteiger charge is -2.35. The summed E-state index contributed by atoms with van der Waals surface area (Å²) in [5.74, 6) is 0.851. The van der Waals surface area contributed by atoms with Crippen LogP contribution in [0.3, 0.4) is 0 Å². The molecular weight excluding hydrogens is 366 g/mol. The lowest BCUT2D eigenvalue weighted by Crippen LogP contribution is -2.49. The Labute approximate surface area is 171 Å². The normalized spacial score (nSPS) is 17.7. The molecule has 0 atom stereocenters. The molecule has 0 bridgehead atoms. The number of pyridine rings is 2. The molecular formula is C22H27N5O2. The molecule has 29 heavy (non-hydrogen) atoms. The van der Waals surface area contributed by atoms with Crippen molar-refractivity contribution >= 4 is 17.6 Å². The first kappa shape index (κ1) is 19.4. The van der Waals surface area contributed by atoms with E-state index in [0.29, 0.717) is 24.2 Å². The first-order valence-electron chi connectivity index (χ1n) is 10.4. The molecule has 0 radical (unpaired) electrons. The molecule has 0 aromatic carbocycles. The fraction of sp³-hybridized carbons (Fsp3) is 0.455. The van der Waals surface area contributed by atoms with E-state index in [1.807, 2.05) is 28.0 Å². The summed E-state index contributed by atoms with van der Waals surface area (Å²) >= 11 is 0. The van der Waals surface area contributed by atoms with Gasteiger partial charge >= 0.3 is 0 Å². The number of nitrogens with zero attached hydrogens (tertiary/aromatic N) is 5. The molecule has 0 unspecified atom stereocenters. The summed E-state index contributed by atoms with van der Waals surface area (Å²) in [6.07, 6.45) is 9.34. The van der Waals surface area contributed by atoms with Crippen LogP contribution in [0.5, 0.6) is 0 Å². The first-order chi connectivity index (χ1) is 14.2. The van der Waals surface area contributed by atoms with Crippen LogP contribution >= 0.6 is 0 Å². The smallest absolute Gasteiger partial charge is 0.255 e. The Bertz CT molecular complexity index is 841. The molecule has 2 saturated heterocycles. The molecule has 152 valence electrons. The van der Waals surface area contributed by atoms with Gasteiger partial charge in [0.25, 0.3) is 11.8 Å². The van der Waals surface area contributed by atoms with Crippen LogP contribution in [0.15, 0.2) is 42.9 Å². The number of carbonyl (C=O) groups excluding carboxylic acids is 2. The summed E-state index contributed by atoms with van der Waals surface area (Å²) in [5.41, 5.74) is 0.988. The average Bonchev–Trinajstić information content (AvgIpc) is 3.08. The van der Waals surface area contributed by atoms with Crippen molar-refractivity contribution in [3.63, 3.8) is 0 Å². The van der Waals surface area contributed by atoms with Crippen LogP contribution in [0.2, 0.25) is 0 Å². The van der Waals surface area contributed by atoms with Gasteiger partial charge in [-0.15, -0.1) is 0 Å². The molecule has 7 heteroatoms. The zero-order valence-corrected chi connectivity index (χ0v) is 16.7. The standard InChI is InChI=1S/C22H27N5O2/c28-21(26-9-5-1-2-6-10-26)18-15-19(17-23-16-18)22(29)27-13-11-25(12-14-27)20-7-3-4-8-24-20/h3-4,7-8,15-17H,1-2,5-6,9-14H2. The highest BCUT2D eigenvalue weighted by Crippen LogP contribution is 2.17. The number of amides is 2. The van der Waals surface area contributed by atoms with E-state index in [0.717, 1.165) is 44.8 Å². The van der Waals surface area contributed by atoms with Crippen LogP contribution < -0.4 is 4.90 Å². The maximum Gasteiger partial charge on any atom is 0.255 e. The second-order valence-corrected chi connectivity index (χ2v) is 7.64. The van der Waals surface area contributed by atoms with Crippen LogP contribution in [0.4, 0.5) is 5.82 Å². The minimum Gasteiger partial charge on any atom is -0.353 e. The minimum absolute atomic E-state index is 0.0194. The van der Waals surface area contributed by atoms with Gasteiger partial charge in [-0.05, 0) is 31.0 Å². The van der Waals surface area contributed by atoms with Crippen molar-refractivity contribution < 1.29 is 9.59 Å². The monoisotopic (exact) mass is 393 g/mol. The van der Waals surface area contributed by atoms with E-state index in [1.165, 1.54) is 12.8 Å². The maximum absolute atomic E-state index is 13.0. The molecule has 0 aliphatic carbocycles. The van der Waals surface area contributed by atoms with Crippen LogP contribution in [0.25, 0.3) is 0 Å². The summed E-state index contributed by atoms with van der Waals surface area (Å²) < 4.78 is 0. The Morgan fingerprint density at radius 2 is 1.38 bits per heavy atom. The molecule has 2 amide bonds. The van der Waals surface area contributed by atoms with E-state index >= 15 is 0 Å². The van der Waals surface area contributed by atoms with E-state index < -0.39 is 0 Å². The Morgan fingerprint density at radius 3 is 1.97 bits per heavy atom. The van der Waals surface area contributed by atoms with Gasteiger partial charge in [0.2, 0.25) is 0 Å². The minimum atomic E-state index is -0.0660. The SMILES string of the molecule is O=C(c1cncc(C(=O)N2CCN(c3ccccn3)CC2)c1)N1CCCCCC1. The molecule has 2 aliphatic rings. The third-order valence-corrected chi connectivity index (χ3v) is 5.67. The van der Waals surface area contributed by atoms with Crippen LogP contribution in [-0.4, -0.2) is 70.9 Å². The van der Waals surface area contributed by atoms with Crippen LogP contribution in [0.1, 0.15) is 46.4 Å². The predicted molar refractivity (Wildman–Crippen MR) is 111 cm³/mol. The molecule has 2 aliphatic heterocycles. The van der Waals surface area contributed by atoms with Gasteiger partial charge in [0.1, 0.15) is 5.82 Å². The maximum atomic E-state index is 13.0. The number of anilines is 1. The van der Waals surface area contributed by atoms with Crippen molar-refractivity contribution in [1.29, 1.82) is 0 Å². The lowest BCUT2D eigenvalue weighted by molar-refractivity contribution is 0.0746. The number of piperazine rings is 1. The summed E-state index contributed by atoms with van der Waals surface area (Å²) in [6.45, 7) is 4.30. The number of carbonyl (C=O) groups is 2. The Hall–Kier alpha value is -2.96. The molecule has 2 aromatic heterocycles. The van der Waals surface area contributed by atoms with Crippen molar-refractivity contribution in [2.75, 3.05) is 44.2 Å². The highest BCUT2D eigenvalue weighted by molar-refractivity contribution is 5.99. The highest BCUT2D eigenvalue weighted by atomic mass is 16.2. The molecule has 2 fully saturated rings. The summed E-state index contributed by atoms with van der Waals surface area (Å²) in [6, 6.07) is 7.56. The van der Waals surface area contributed by atoms with E-state index in [2.05, 4.69) is 14.9 Å². The van der Waals surface area contributed by atoms with E-state index in [1.54, 1.807) is 24.7 Å².